The van der Waals surface area contributed by atoms with Crippen molar-refractivity contribution in [1.82, 2.24) is 15.1 Å². The lowest BCUT2D eigenvalue weighted by atomic mass is 10.1. The minimum absolute atomic E-state index is 0.0683. The van der Waals surface area contributed by atoms with Crippen LogP contribution in [0.5, 0.6) is 11.5 Å². The van der Waals surface area contributed by atoms with Crippen molar-refractivity contribution in [2.24, 2.45) is 0 Å². The van der Waals surface area contributed by atoms with E-state index >= 15 is 0 Å². The van der Waals surface area contributed by atoms with Gasteiger partial charge in [0.25, 0.3) is 0 Å². The van der Waals surface area contributed by atoms with Crippen LogP contribution in [0.4, 0.5) is 0 Å². The summed E-state index contributed by atoms with van der Waals surface area (Å²) in [4.78, 5) is 12.8. The van der Waals surface area contributed by atoms with Crippen LogP contribution >= 0.6 is 0 Å². The molecule has 6 nitrogen and oxygen atoms in total. The van der Waals surface area contributed by atoms with E-state index in [2.05, 4.69) is 10.4 Å². The molecule has 0 saturated carbocycles. The van der Waals surface area contributed by atoms with Gasteiger partial charge in [-0.25, -0.2) is 4.68 Å². The summed E-state index contributed by atoms with van der Waals surface area (Å²) in [5.41, 5.74) is 4.61. The first-order chi connectivity index (χ1) is 13.9. The number of rotatable bonds is 7. The standard InChI is InChI=1S/C23H27N3O3/c1-15(21-13-19(28-4)11-12-22(21)29-5)24-23(27)14-20-16(2)25-26(17(20)3)18-9-7-6-8-10-18/h6-13,15H,14H2,1-5H3,(H,24,27). The average molecular weight is 393 g/mol. The fraction of sp³-hybridized carbons (Fsp3) is 0.304. The minimum atomic E-state index is -0.225. The van der Waals surface area contributed by atoms with E-state index in [0.29, 0.717) is 5.75 Å². The van der Waals surface area contributed by atoms with Crippen molar-refractivity contribution in [2.75, 3.05) is 14.2 Å². The highest BCUT2D eigenvalue weighted by molar-refractivity contribution is 5.79. The number of methoxy groups -OCH3 is 2. The number of ether oxygens (including phenoxy) is 2. The molecule has 2 aromatic carbocycles. The molecule has 0 radical (unpaired) electrons. The van der Waals surface area contributed by atoms with Crippen LogP contribution in [0.25, 0.3) is 5.69 Å². The Balaban J connectivity index is 1.77. The summed E-state index contributed by atoms with van der Waals surface area (Å²) in [5.74, 6) is 1.36. The Morgan fingerprint density at radius 2 is 1.83 bits per heavy atom. The van der Waals surface area contributed by atoms with Crippen LogP contribution in [0.15, 0.2) is 48.5 Å². The van der Waals surface area contributed by atoms with Gasteiger partial charge in [-0.1, -0.05) is 18.2 Å². The van der Waals surface area contributed by atoms with Crippen LogP contribution in [0.1, 0.15) is 35.5 Å². The molecular formula is C23H27N3O3. The van der Waals surface area contributed by atoms with Crippen molar-refractivity contribution in [1.29, 1.82) is 0 Å². The first-order valence-corrected chi connectivity index (χ1v) is 9.56. The van der Waals surface area contributed by atoms with Crippen LogP contribution in [-0.4, -0.2) is 29.9 Å². The molecule has 1 aromatic heterocycles. The third-order valence-corrected chi connectivity index (χ3v) is 5.06. The summed E-state index contributed by atoms with van der Waals surface area (Å²) in [7, 11) is 3.23. The Morgan fingerprint density at radius 1 is 1.10 bits per heavy atom. The third-order valence-electron chi connectivity index (χ3n) is 5.06. The molecule has 3 aromatic rings. The SMILES string of the molecule is COc1ccc(OC)c(C(C)NC(=O)Cc2c(C)nn(-c3ccccc3)c2C)c1. The molecule has 1 amide bonds. The van der Waals surface area contributed by atoms with E-state index in [9.17, 15) is 4.79 Å². The van der Waals surface area contributed by atoms with Crippen molar-refractivity contribution in [3.63, 3.8) is 0 Å². The lowest BCUT2D eigenvalue weighted by Crippen LogP contribution is -2.28. The molecule has 0 saturated heterocycles. The van der Waals surface area contributed by atoms with E-state index in [0.717, 1.165) is 34.0 Å². The zero-order chi connectivity index (χ0) is 21.0. The Morgan fingerprint density at radius 3 is 2.48 bits per heavy atom. The molecule has 0 aliphatic heterocycles. The number of hydrogen-bond donors (Lipinski definition) is 1. The number of carbonyl (C=O) groups is 1. The van der Waals surface area contributed by atoms with E-state index in [4.69, 9.17) is 9.47 Å². The monoisotopic (exact) mass is 393 g/mol. The van der Waals surface area contributed by atoms with Gasteiger partial charge in [0.15, 0.2) is 0 Å². The summed E-state index contributed by atoms with van der Waals surface area (Å²) >= 11 is 0. The molecule has 152 valence electrons. The highest BCUT2D eigenvalue weighted by Gasteiger charge is 2.19. The molecule has 0 aliphatic rings. The van der Waals surface area contributed by atoms with Gasteiger partial charge in [-0.05, 0) is 51.1 Å². The van der Waals surface area contributed by atoms with Crippen LogP contribution in [0, 0.1) is 13.8 Å². The zero-order valence-corrected chi connectivity index (χ0v) is 17.5. The van der Waals surface area contributed by atoms with Gasteiger partial charge < -0.3 is 14.8 Å². The van der Waals surface area contributed by atoms with Crippen molar-refractivity contribution < 1.29 is 14.3 Å². The van der Waals surface area contributed by atoms with E-state index in [1.165, 1.54) is 0 Å². The number of benzene rings is 2. The molecule has 1 N–H and O–H groups in total. The quantitative estimate of drug-likeness (QED) is 0.661. The molecular weight excluding hydrogens is 366 g/mol. The number of aryl methyl sites for hydroxylation is 1. The van der Waals surface area contributed by atoms with Crippen LogP contribution in [0.2, 0.25) is 0 Å². The molecule has 1 unspecified atom stereocenters. The topological polar surface area (TPSA) is 65.4 Å². The van der Waals surface area contributed by atoms with Crippen LogP contribution in [-0.2, 0) is 11.2 Å². The number of nitrogens with one attached hydrogen (secondary N) is 1. The summed E-state index contributed by atoms with van der Waals surface area (Å²) in [6.45, 7) is 5.86. The lowest BCUT2D eigenvalue weighted by Gasteiger charge is -2.18. The second-order valence-electron chi connectivity index (χ2n) is 6.97. The third kappa shape index (κ3) is 4.42. The van der Waals surface area contributed by atoms with Crippen LogP contribution < -0.4 is 14.8 Å². The lowest BCUT2D eigenvalue weighted by molar-refractivity contribution is -0.121. The first kappa shape index (κ1) is 20.5. The molecule has 1 atom stereocenters. The smallest absolute Gasteiger partial charge is 0.225 e. The summed E-state index contributed by atoms with van der Waals surface area (Å²) in [5, 5.41) is 7.68. The predicted molar refractivity (Wildman–Crippen MR) is 113 cm³/mol. The molecule has 29 heavy (non-hydrogen) atoms. The van der Waals surface area contributed by atoms with Gasteiger partial charge in [0.1, 0.15) is 11.5 Å². The molecule has 0 spiro atoms. The molecule has 1 heterocycles. The van der Waals surface area contributed by atoms with Crippen molar-refractivity contribution in [3.05, 3.63) is 71.0 Å². The fourth-order valence-corrected chi connectivity index (χ4v) is 3.46. The molecule has 0 aliphatic carbocycles. The summed E-state index contributed by atoms with van der Waals surface area (Å²) in [6.07, 6.45) is 0.265. The van der Waals surface area contributed by atoms with E-state index in [1.807, 2.05) is 74.0 Å². The molecule has 3 rings (SSSR count). The summed E-state index contributed by atoms with van der Waals surface area (Å²) in [6, 6.07) is 15.3. The Hall–Kier alpha value is -3.28. The maximum absolute atomic E-state index is 12.8. The second-order valence-corrected chi connectivity index (χ2v) is 6.97. The number of nitrogens with zero attached hydrogens (tertiary/aromatic N) is 2. The number of aromatic nitrogens is 2. The van der Waals surface area contributed by atoms with Gasteiger partial charge in [-0.2, -0.15) is 5.10 Å². The molecule has 6 heteroatoms. The largest absolute Gasteiger partial charge is 0.497 e. The number of para-hydroxylation sites is 1. The molecule has 0 fully saturated rings. The summed E-state index contributed by atoms with van der Waals surface area (Å²) < 4.78 is 12.6. The Bertz CT molecular complexity index is 996. The second kappa shape index (κ2) is 8.82. The highest BCUT2D eigenvalue weighted by Crippen LogP contribution is 2.29. The number of hydrogen-bond acceptors (Lipinski definition) is 4. The van der Waals surface area contributed by atoms with Crippen LogP contribution in [0.3, 0.4) is 0 Å². The number of amides is 1. The average Bonchev–Trinajstić information content (AvgIpc) is 3.02. The van der Waals surface area contributed by atoms with Gasteiger partial charge in [0.2, 0.25) is 5.91 Å². The normalized spacial score (nSPS) is 11.8. The van der Waals surface area contributed by atoms with Crippen molar-refractivity contribution >= 4 is 5.91 Å². The Kier molecular flexibility index (Phi) is 6.22. The first-order valence-electron chi connectivity index (χ1n) is 9.56. The van der Waals surface area contributed by atoms with E-state index < -0.39 is 0 Å². The van der Waals surface area contributed by atoms with Gasteiger partial charge in [-0.3, -0.25) is 4.79 Å². The maximum Gasteiger partial charge on any atom is 0.225 e. The van der Waals surface area contributed by atoms with Gasteiger partial charge >= 0.3 is 0 Å². The highest BCUT2D eigenvalue weighted by atomic mass is 16.5. The number of carbonyl (C=O) groups excluding carboxylic acids is 1. The Labute approximate surface area is 171 Å². The van der Waals surface area contributed by atoms with Gasteiger partial charge in [0.05, 0.1) is 38.1 Å². The van der Waals surface area contributed by atoms with E-state index in [-0.39, 0.29) is 18.4 Å². The van der Waals surface area contributed by atoms with Crippen molar-refractivity contribution in [2.45, 2.75) is 33.2 Å². The minimum Gasteiger partial charge on any atom is -0.497 e. The zero-order valence-electron chi connectivity index (χ0n) is 17.5. The van der Waals surface area contributed by atoms with Crippen molar-refractivity contribution in [3.8, 4) is 17.2 Å². The fourth-order valence-electron chi connectivity index (χ4n) is 3.46. The van der Waals surface area contributed by atoms with Gasteiger partial charge in [-0.15, -0.1) is 0 Å². The van der Waals surface area contributed by atoms with E-state index in [1.54, 1.807) is 14.2 Å². The predicted octanol–water partition coefficient (Wildman–Crippen LogP) is 3.93. The maximum atomic E-state index is 12.8. The van der Waals surface area contributed by atoms with Gasteiger partial charge in [0, 0.05) is 16.8 Å². The molecule has 0 bridgehead atoms.